The molecule has 6 heteroatoms. The smallest absolute Gasteiger partial charge is 0.280 e. The minimum Gasteiger partial charge on any atom is -0.481 e. The monoisotopic (exact) mass is 336 g/mol. The molecule has 0 saturated carbocycles. The fourth-order valence-corrected chi connectivity index (χ4v) is 2.00. The quantitative estimate of drug-likeness (QED) is 0.664. The lowest BCUT2D eigenvalue weighted by molar-refractivity contribution is -0.127. The molecule has 0 aliphatic heterocycles. The van der Waals surface area contributed by atoms with Gasteiger partial charge in [-0.25, -0.2) is 5.43 Å². The Morgan fingerprint density at radius 3 is 2.73 bits per heavy atom. The van der Waals surface area contributed by atoms with E-state index in [1.165, 1.54) is 6.21 Å². The van der Waals surface area contributed by atoms with Crippen molar-refractivity contribution >= 4 is 35.3 Å². The van der Waals surface area contributed by atoms with Crippen molar-refractivity contribution in [3.8, 4) is 5.75 Å². The molecule has 0 saturated heterocycles. The summed E-state index contributed by atoms with van der Waals surface area (Å²) >= 11 is 11.8. The van der Waals surface area contributed by atoms with Crippen molar-refractivity contribution < 1.29 is 9.53 Å². The largest absolute Gasteiger partial charge is 0.481 e. The van der Waals surface area contributed by atoms with Gasteiger partial charge in [0.05, 0.1) is 6.21 Å². The number of amides is 1. The molecule has 0 aliphatic rings. The number of halogens is 2. The van der Waals surface area contributed by atoms with E-state index in [1.54, 1.807) is 43.3 Å². The van der Waals surface area contributed by atoms with Crippen molar-refractivity contribution in [2.45, 2.75) is 13.0 Å². The normalized spacial score (nSPS) is 12.1. The topological polar surface area (TPSA) is 50.7 Å². The molecule has 1 amide bonds. The number of nitrogens with zero attached hydrogens (tertiary/aromatic N) is 1. The van der Waals surface area contributed by atoms with Crippen LogP contribution in [-0.4, -0.2) is 18.2 Å². The van der Waals surface area contributed by atoms with Gasteiger partial charge in [-0.15, -0.1) is 0 Å². The first-order chi connectivity index (χ1) is 10.6. The summed E-state index contributed by atoms with van der Waals surface area (Å²) in [7, 11) is 0. The van der Waals surface area contributed by atoms with Crippen molar-refractivity contribution in [3.63, 3.8) is 0 Å². The van der Waals surface area contributed by atoms with Crippen LogP contribution in [0.3, 0.4) is 0 Å². The number of carbonyl (C=O) groups excluding carboxylic acids is 1. The van der Waals surface area contributed by atoms with Crippen LogP contribution < -0.4 is 10.2 Å². The molecule has 114 valence electrons. The highest BCUT2D eigenvalue weighted by molar-refractivity contribution is 6.33. The molecule has 1 N–H and O–H groups in total. The fraction of sp³-hybridized carbons (Fsp3) is 0.125. The molecule has 2 aromatic rings. The zero-order valence-corrected chi connectivity index (χ0v) is 13.3. The van der Waals surface area contributed by atoms with Crippen LogP contribution in [0.4, 0.5) is 0 Å². The van der Waals surface area contributed by atoms with Gasteiger partial charge in [-0.1, -0.05) is 47.5 Å². The number of hydrogen-bond donors (Lipinski definition) is 1. The molecule has 2 aromatic carbocycles. The van der Waals surface area contributed by atoms with Crippen molar-refractivity contribution in [2.75, 3.05) is 0 Å². The zero-order chi connectivity index (χ0) is 15.9. The van der Waals surface area contributed by atoms with Crippen LogP contribution in [0.2, 0.25) is 10.0 Å². The Labute approximate surface area is 138 Å². The summed E-state index contributed by atoms with van der Waals surface area (Å²) < 4.78 is 5.49. The average Bonchev–Trinajstić information content (AvgIpc) is 2.49. The van der Waals surface area contributed by atoms with Gasteiger partial charge in [-0.2, -0.15) is 5.10 Å². The Morgan fingerprint density at radius 2 is 2.00 bits per heavy atom. The molecule has 0 spiro atoms. The number of hydrogen-bond acceptors (Lipinski definition) is 3. The highest BCUT2D eigenvalue weighted by Crippen LogP contribution is 2.18. The molecular formula is C16H14Cl2N2O2. The van der Waals surface area contributed by atoms with Gasteiger partial charge in [-0.05, 0) is 31.2 Å². The lowest BCUT2D eigenvalue weighted by Gasteiger charge is -2.12. The summed E-state index contributed by atoms with van der Waals surface area (Å²) in [6, 6.07) is 14.0. The average molecular weight is 337 g/mol. The Balaban J connectivity index is 1.90. The van der Waals surface area contributed by atoms with Crippen LogP contribution in [0, 0.1) is 0 Å². The molecule has 0 fully saturated rings. The molecule has 1 atom stereocenters. The molecule has 2 rings (SSSR count). The number of rotatable bonds is 5. The van der Waals surface area contributed by atoms with Gasteiger partial charge < -0.3 is 4.74 Å². The van der Waals surface area contributed by atoms with E-state index in [9.17, 15) is 4.79 Å². The van der Waals surface area contributed by atoms with E-state index in [1.807, 2.05) is 12.1 Å². The first-order valence-electron chi connectivity index (χ1n) is 6.56. The third kappa shape index (κ3) is 4.76. The molecule has 0 unspecified atom stereocenters. The van der Waals surface area contributed by atoms with E-state index in [0.29, 0.717) is 21.4 Å². The van der Waals surface area contributed by atoms with Crippen molar-refractivity contribution in [2.24, 2.45) is 5.10 Å². The maximum absolute atomic E-state index is 11.9. The first kappa shape index (κ1) is 16.3. The van der Waals surface area contributed by atoms with E-state index in [0.717, 1.165) is 0 Å². The van der Waals surface area contributed by atoms with E-state index in [2.05, 4.69) is 10.5 Å². The highest BCUT2D eigenvalue weighted by Gasteiger charge is 2.13. The maximum atomic E-state index is 11.9. The second-order valence-electron chi connectivity index (χ2n) is 4.47. The van der Waals surface area contributed by atoms with Gasteiger partial charge in [0.25, 0.3) is 5.91 Å². The fourth-order valence-electron chi connectivity index (χ4n) is 1.63. The van der Waals surface area contributed by atoms with Crippen LogP contribution in [0.15, 0.2) is 53.6 Å². The Kier molecular flexibility index (Phi) is 5.81. The SMILES string of the molecule is C[C@H](Oc1cccc(Cl)c1)C(=O)N/N=C\c1ccccc1Cl. The lowest BCUT2D eigenvalue weighted by atomic mass is 10.2. The number of carbonyl (C=O) groups is 1. The lowest BCUT2D eigenvalue weighted by Crippen LogP contribution is -2.33. The first-order valence-corrected chi connectivity index (χ1v) is 7.31. The second-order valence-corrected chi connectivity index (χ2v) is 5.32. The van der Waals surface area contributed by atoms with Crippen LogP contribution in [-0.2, 0) is 4.79 Å². The molecule has 0 aliphatic carbocycles. The molecular weight excluding hydrogens is 323 g/mol. The van der Waals surface area contributed by atoms with Gasteiger partial charge in [0, 0.05) is 15.6 Å². The number of hydrazone groups is 1. The summed E-state index contributed by atoms with van der Waals surface area (Å²) in [5.74, 6) is 0.147. The summed E-state index contributed by atoms with van der Waals surface area (Å²) in [6.45, 7) is 1.63. The summed E-state index contributed by atoms with van der Waals surface area (Å²) in [6.07, 6.45) is 0.772. The van der Waals surface area contributed by atoms with Crippen LogP contribution in [0.1, 0.15) is 12.5 Å². The highest BCUT2D eigenvalue weighted by atomic mass is 35.5. The van der Waals surface area contributed by atoms with Crippen molar-refractivity contribution in [1.82, 2.24) is 5.43 Å². The van der Waals surface area contributed by atoms with Gasteiger partial charge in [-0.3, -0.25) is 4.79 Å². The van der Waals surface area contributed by atoms with E-state index >= 15 is 0 Å². The number of ether oxygens (including phenoxy) is 1. The predicted octanol–water partition coefficient (Wildman–Crippen LogP) is 3.91. The zero-order valence-electron chi connectivity index (χ0n) is 11.8. The Bertz CT molecular complexity index is 689. The minimum atomic E-state index is -0.707. The van der Waals surface area contributed by atoms with Crippen LogP contribution >= 0.6 is 23.2 Å². The van der Waals surface area contributed by atoms with E-state index in [4.69, 9.17) is 27.9 Å². The molecule has 0 radical (unpaired) electrons. The van der Waals surface area contributed by atoms with Crippen molar-refractivity contribution in [1.29, 1.82) is 0 Å². The molecule has 0 bridgehead atoms. The Morgan fingerprint density at radius 1 is 1.23 bits per heavy atom. The standard InChI is InChI=1S/C16H14Cl2N2O2/c1-11(22-14-7-4-6-13(17)9-14)16(21)20-19-10-12-5-2-3-8-15(12)18/h2-11H,1H3,(H,20,21)/b19-10-/t11-/m0/s1. The molecule has 22 heavy (non-hydrogen) atoms. The number of benzene rings is 2. The van der Waals surface area contributed by atoms with Gasteiger partial charge in [0.1, 0.15) is 5.75 Å². The van der Waals surface area contributed by atoms with Gasteiger partial charge in [0.15, 0.2) is 6.10 Å². The van der Waals surface area contributed by atoms with Gasteiger partial charge >= 0.3 is 0 Å². The second kappa shape index (κ2) is 7.82. The van der Waals surface area contributed by atoms with Crippen LogP contribution in [0.25, 0.3) is 0 Å². The molecule has 0 aromatic heterocycles. The maximum Gasteiger partial charge on any atom is 0.280 e. The number of nitrogens with one attached hydrogen (secondary N) is 1. The third-order valence-electron chi connectivity index (χ3n) is 2.76. The van der Waals surface area contributed by atoms with E-state index in [-0.39, 0.29) is 5.91 Å². The molecule has 0 heterocycles. The minimum absolute atomic E-state index is 0.372. The Hall–Kier alpha value is -2.04. The summed E-state index contributed by atoms with van der Waals surface area (Å²) in [4.78, 5) is 11.9. The predicted molar refractivity (Wildman–Crippen MR) is 88.7 cm³/mol. The van der Waals surface area contributed by atoms with E-state index < -0.39 is 6.10 Å². The third-order valence-corrected chi connectivity index (χ3v) is 3.34. The summed E-state index contributed by atoms with van der Waals surface area (Å²) in [5, 5.41) is 4.97. The van der Waals surface area contributed by atoms with Crippen LogP contribution in [0.5, 0.6) is 5.75 Å². The summed E-state index contributed by atoms with van der Waals surface area (Å²) in [5.41, 5.74) is 3.12. The molecule has 4 nitrogen and oxygen atoms in total. The van der Waals surface area contributed by atoms with Crippen molar-refractivity contribution in [3.05, 3.63) is 64.1 Å². The van der Waals surface area contributed by atoms with Gasteiger partial charge in [0.2, 0.25) is 0 Å².